The van der Waals surface area contributed by atoms with Crippen LogP contribution in [0, 0.1) is 0 Å². The Morgan fingerprint density at radius 1 is 1.45 bits per heavy atom. The number of aliphatic hydroxyl groups excluding tert-OH is 1. The van der Waals surface area contributed by atoms with Crippen molar-refractivity contribution in [3.63, 3.8) is 0 Å². The molecule has 2 fully saturated rings. The average Bonchev–Trinajstić information content (AvgIpc) is 2.66. The van der Waals surface area contributed by atoms with Crippen LogP contribution in [0.25, 0.3) is 0 Å². The van der Waals surface area contributed by atoms with Crippen molar-refractivity contribution in [3.8, 4) is 0 Å². The van der Waals surface area contributed by atoms with Crippen LogP contribution in [0.1, 0.15) is 13.3 Å². The van der Waals surface area contributed by atoms with Crippen LogP contribution in [0.4, 0.5) is 0 Å². The Bertz CT molecular complexity index is 162. The molecule has 0 amide bonds. The lowest BCUT2D eigenvalue weighted by atomic mass is 10.3. The predicted molar refractivity (Wildman–Crippen MR) is 41.5 cm³/mol. The standard InChI is InChI=1S/C7H15N3O/c1-5(11)9-2-3-10(8)7-4-6(7)9/h5-7,11H,2-4,8H2,1H3. The van der Waals surface area contributed by atoms with Crippen molar-refractivity contribution in [2.45, 2.75) is 31.7 Å². The van der Waals surface area contributed by atoms with Gasteiger partial charge in [0.2, 0.25) is 0 Å². The Hall–Kier alpha value is -0.160. The first-order valence-corrected chi connectivity index (χ1v) is 4.15. The summed E-state index contributed by atoms with van der Waals surface area (Å²) in [6.45, 7) is 3.60. The first kappa shape index (κ1) is 7.49. The van der Waals surface area contributed by atoms with Gasteiger partial charge < -0.3 is 5.11 Å². The maximum Gasteiger partial charge on any atom is 0.104 e. The molecule has 0 spiro atoms. The molecule has 0 aromatic carbocycles. The van der Waals surface area contributed by atoms with Crippen LogP contribution >= 0.6 is 0 Å². The van der Waals surface area contributed by atoms with Crippen LogP contribution in [0.15, 0.2) is 0 Å². The molecule has 2 rings (SSSR count). The van der Waals surface area contributed by atoms with Gasteiger partial charge in [0.15, 0.2) is 0 Å². The van der Waals surface area contributed by atoms with E-state index in [0.717, 1.165) is 19.5 Å². The maximum atomic E-state index is 9.33. The van der Waals surface area contributed by atoms with Gasteiger partial charge in [-0.3, -0.25) is 10.7 Å². The molecule has 0 bridgehead atoms. The number of nitrogens with zero attached hydrogens (tertiary/aromatic N) is 2. The molecule has 0 aromatic rings. The van der Waals surface area contributed by atoms with Crippen molar-refractivity contribution in [3.05, 3.63) is 0 Å². The Kier molecular flexibility index (Phi) is 1.64. The fourth-order valence-electron chi connectivity index (χ4n) is 1.91. The lowest BCUT2D eigenvalue weighted by Gasteiger charge is -2.33. The molecule has 2 aliphatic rings. The molecule has 0 aromatic heterocycles. The van der Waals surface area contributed by atoms with Crippen LogP contribution in [-0.2, 0) is 0 Å². The van der Waals surface area contributed by atoms with E-state index in [1.807, 2.05) is 11.9 Å². The van der Waals surface area contributed by atoms with Gasteiger partial charge in [0.1, 0.15) is 6.23 Å². The minimum atomic E-state index is -0.307. The third-order valence-corrected chi connectivity index (χ3v) is 2.67. The minimum Gasteiger partial charge on any atom is -0.379 e. The number of hydrazine groups is 1. The molecule has 1 heterocycles. The summed E-state index contributed by atoms with van der Waals surface area (Å²) in [5.74, 6) is 5.71. The molecule has 0 radical (unpaired) electrons. The lowest BCUT2D eigenvalue weighted by molar-refractivity contribution is -0.0171. The number of nitrogens with two attached hydrogens (primary N) is 1. The predicted octanol–water partition coefficient (Wildman–Crippen LogP) is -1.04. The zero-order chi connectivity index (χ0) is 8.01. The molecular weight excluding hydrogens is 142 g/mol. The topological polar surface area (TPSA) is 52.7 Å². The van der Waals surface area contributed by atoms with Crippen LogP contribution in [-0.4, -0.2) is 46.4 Å². The van der Waals surface area contributed by atoms with E-state index in [2.05, 4.69) is 4.90 Å². The molecule has 1 saturated heterocycles. The first-order valence-electron chi connectivity index (χ1n) is 4.15. The average molecular weight is 157 g/mol. The molecule has 1 aliphatic carbocycles. The van der Waals surface area contributed by atoms with Crippen LogP contribution in [0.3, 0.4) is 0 Å². The normalized spacial score (nSPS) is 41.7. The lowest BCUT2D eigenvalue weighted by Crippen LogP contribution is -2.51. The van der Waals surface area contributed by atoms with Gasteiger partial charge in [0, 0.05) is 25.2 Å². The highest BCUT2D eigenvalue weighted by molar-refractivity contribution is 5.04. The molecule has 4 heteroatoms. The zero-order valence-electron chi connectivity index (χ0n) is 6.77. The summed E-state index contributed by atoms with van der Waals surface area (Å²) >= 11 is 0. The van der Waals surface area contributed by atoms with Crippen molar-refractivity contribution >= 4 is 0 Å². The van der Waals surface area contributed by atoms with Gasteiger partial charge in [0.25, 0.3) is 0 Å². The minimum absolute atomic E-state index is 0.307. The highest BCUT2D eigenvalue weighted by atomic mass is 16.3. The van der Waals surface area contributed by atoms with Crippen molar-refractivity contribution in [1.29, 1.82) is 0 Å². The number of rotatable bonds is 1. The SMILES string of the molecule is CC(O)N1CCN(N)C2CC21. The van der Waals surface area contributed by atoms with E-state index >= 15 is 0 Å². The van der Waals surface area contributed by atoms with E-state index in [4.69, 9.17) is 5.84 Å². The van der Waals surface area contributed by atoms with E-state index in [0.29, 0.717) is 12.1 Å². The summed E-state index contributed by atoms with van der Waals surface area (Å²) in [5.41, 5.74) is 0. The summed E-state index contributed by atoms with van der Waals surface area (Å²) in [7, 11) is 0. The third-order valence-electron chi connectivity index (χ3n) is 2.67. The van der Waals surface area contributed by atoms with Crippen LogP contribution in [0.5, 0.6) is 0 Å². The van der Waals surface area contributed by atoms with Gasteiger partial charge in [-0.05, 0) is 13.3 Å². The van der Waals surface area contributed by atoms with Crippen LogP contribution in [0.2, 0.25) is 0 Å². The van der Waals surface area contributed by atoms with E-state index in [9.17, 15) is 5.11 Å². The highest BCUT2D eigenvalue weighted by Crippen LogP contribution is 2.35. The maximum absolute atomic E-state index is 9.33. The van der Waals surface area contributed by atoms with Crippen molar-refractivity contribution in [2.24, 2.45) is 5.84 Å². The zero-order valence-corrected chi connectivity index (χ0v) is 6.77. The Labute approximate surface area is 66.5 Å². The second-order valence-corrected chi connectivity index (χ2v) is 3.48. The monoisotopic (exact) mass is 157 g/mol. The molecule has 1 saturated carbocycles. The Morgan fingerprint density at radius 3 is 2.82 bits per heavy atom. The number of hydrogen-bond acceptors (Lipinski definition) is 4. The number of piperazine rings is 1. The summed E-state index contributed by atoms with van der Waals surface area (Å²) in [6, 6.07) is 1.03. The fourth-order valence-corrected chi connectivity index (χ4v) is 1.91. The number of aliphatic hydroxyl groups is 1. The van der Waals surface area contributed by atoms with Gasteiger partial charge in [-0.1, -0.05) is 0 Å². The molecular formula is C7H15N3O. The Morgan fingerprint density at radius 2 is 2.18 bits per heavy atom. The summed E-state index contributed by atoms with van der Waals surface area (Å²) < 4.78 is 0. The summed E-state index contributed by atoms with van der Waals surface area (Å²) in [6.07, 6.45) is 0.820. The first-order chi connectivity index (χ1) is 5.20. The molecule has 3 unspecified atom stereocenters. The summed E-state index contributed by atoms with van der Waals surface area (Å²) in [5, 5.41) is 11.2. The van der Waals surface area contributed by atoms with E-state index in [1.54, 1.807) is 0 Å². The largest absolute Gasteiger partial charge is 0.379 e. The number of fused-ring (bicyclic) bond motifs is 1. The van der Waals surface area contributed by atoms with Gasteiger partial charge >= 0.3 is 0 Å². The van der Waals surface area contributed by atoms with Crippen molar-refractivity contribution < 1.29 is 5.11 Å². The molecule has 1 aliphatic heterocycles. The second-order valence-electron chi connectivity index (χ2n) is 3.48. The van der Waals surface area contributed by atoms with E-state index in [-0.39, 0.29) is 6.23 Å². The van der Waals surface area contributed by atoms with E-state index < -0.39 is 0 Å². The van der Waals surface area contributed by atoms with Crippen LogP contribution < -0.4 is 5.84 Å². The van der Waals surface area contributed by atoms with Crippen molar-refractivity contribution in [1.82, 2.24) is 9.91 Å². The molecule has 3 N–H and O–H groups in total. The molecule has 4 nitrogen and oxygen atoms in total. The molecule has 11 heavy (non-hydrogen) atoms. The van der Waals surface area contributed by atoms with Gasteiger partial charge in [0.05, 0.1) is 0 Å². The van der Waals surface area contributed by atoms with E-state index in [1.165, 1.54) is 0 Å². The van der Waals surface area contributed by atoms with Crippen molar-refractivity contribution in [2.75, 3.05) is 13.1 Å². The fraction of sp³-hybridized carbons (Fsp3) is 1.00. The molecule has 64 valence electrons. The third kappa shape index (κ3) is 1.16. The van der Waals surface area contributed by atoms with Gasteiger partial charge in [-0.2, -0.15) is 0 Å². The smallest absolute Gasteiger partial charge is 0.104 e. The Balaban J connectivity index is 1.97. The highest BCUT2D eigenvalue weighted by Gasteiger charge is 2.48. The molecule has 3 atom stereocenters. The number of hydrogen-bond donors (Lipinski definition) is 2. The second kappa shape index (κ2) is 2.42. The summed E-state index contributed by atoms with van der Waals surface area (Å²) in [4.78, 5) is 2.12. The van der Waals surface area contributed by atoms with Gasteiger partial charge in [-0.25, -0.2) is 5.01 Å². The van der Waals surface area contributed by atoms with Gasteiger partial charge in [-0.15, -0.1) is 0 Å². The quantitative estimate of drug-likeness (QED) is 0.477.